The molecule has 3 nitrogen and oxygen atoms in total. The molecule has 1 aromatic carbocycles. The molecule has 0 heterocycles. The summed E-state index contributed by atoms with van der Waals surface area (Å²) in [6.45, 7) is 3.81. The van der Waals surface area contributed by atoms with Crippen LogP contribution >= 0.6 is 0 Å². The molecular weight excluding hydrogens is 241 g/mol. The first-order valence-corrected chi connectivity index (χ1v) is 7.48. The second-order valence-corrected chi connectivity index (χ2v) is 6.29. The van der Waals surface area contributed by atoms with Crippen LogP contribution in [0.2, 0.25) is 0 Å². The Labute approximate surface area is 102 Å². The fourth-order valence-corrected chi connectivity index (χ4v) is 2.79. The van der Waals surface area contributed by atoms with Gasteiger partial charge >= 0.3 is 0 Å². The van der Waals surface area contributed by atoms with E-state index in [-0.39, 0.29) is 17.3 Å². The quantitative estimate of drug-likeness (QED) is 0.853. The highest BCUT2D eigenvalue weighted by Crippen LogP contribution is 2.16. The summed E-state index contributed by atoms with van der Waals surface area (Å²) in [5.74, 6) is -0.000403. The SMILES string of the molecule is CCCS(=O)(=O)CCNc1cccc(F)c1C. The molecule has 0 aromatic heterocycles. The standard InChI is InChI=1S/C12H18FNO2S/c1-3-8-17(15,16)9-7-14-12-6-4-5-11(13)10(12)2/h4-6,14H,3,7-9H2,1-2H3. The number of rotatable bonds is 6. The van der Waals surface area contributed by atoms with Gasteiger partial charge in [-0.25, -0.2) is 12.8 Å². The highest BCUT2D eigenvalue weighted by atomic mass is 32.2. The molecule has 0 saturated carbocycles. The normalized spacial score (nSPS) is 11.5. The van der Waals surface area contributed by atoms with Crippen molar-refractivity contribution < 1.29 is 12.8 Å². The molecule has 17 heavy (non-hydrogen) atoms. The Morgan fingerprint density at radius 1 is 1.29 bits per heavy atom. The summed E-state index contributed by atoms with van der Waals surface area (Å²) >= 11 is 0. The van der Waals surface area contributed by atoms with Gasteiger partial charge in [-0.1, -0.05) is 13.0 Å². The van der Waals surface area contributed by atoms with E-state index in [9.17, 15) is 12.8 Å². The molecule has 5 heteroatoms. The van der Waals surface area contributed by atoms with E-state index in [0.29, 0.717) is 24.2 Å². The second kappa shape index (κ2) is 6.00. The summed E-state index contributed by atoms with van der Waals surface area (Å²) in [5, 5.41) is 2.95. The van der Waals surface area contributed by atoms with E-state index in [4.69, 9.17) is 0 Å². The van der Waals surface area contributed by atoms with Gasteiger partial charge in [0.05, 0.1) is 5.75 Å². The minimum atomic E-state index is -2.98. The van der Waals surface area contributed by atoms with Crippen molar-refractivity contribution in [1.82, 2.24) is 0 Å². The number of halogens is 1. The van der Waals surface area contributed by atoms with E-state index in [1.165, 1.54) is 6.07 Å². The molecule has 0 amide bonds. The Hall–Kier alpha value is -1.10. The summed E-state index contributed by atoms with van der Waals surface area (Å²) in [5.41, 5.74) is 1.16. The van der Waals surface area contributed by atoms with Crippen LogP contribution in [0.1, 0.15) is 18.9 Å². The Morgan fingerprint density at radius 3 is 2.65 bits per heavy atom. The Kier molecular flexibility index (Phi) is 4.93. The molecule has 1 rings (SSSR count). The van der Waals surface area contributed by atoms with Crippen LogP contribution in [0, 0.1) is 12.7 Å². The average molecular weight is 259 g/mol. The van der Waals surface area contributed by atoms with E-state index in [2.05, 4.69) is 5.32 Å². The fraction of sp³-hybridized carbons (Fsp3) is 0.500. The average Bonchev–Trinajstić information content (AvgIpc) is 2.24. The molecule has 1 N–H and O–H groups in total. The lowest BCUT2D eigenvalue weighted by Crippen LogP contribution is -2.18. The van der Waals surface area contributed by atoms with Crippen molar-refractivity contribution in [2.45, 2.75) is 20.3 Å². The number of benzene rings is 1. The van der Waals surface area contributed by atoms with E-state index < -0.39 is 9.84 Å². The Morgan fingerprint density at radius 2 is 2.00 bits per heavy atom. The van der Waals surface area contributed by atoms with Gasteiger partial charge in [-0.15, -0.1) is 0 Å². The van der Waals surface area contributed by atoms with Gasteiger partial charge in [0.15, 0.2) is 9.84 Å². The Balaban J connectivity index is 2.55. The molecule has 1 aromatic rings. The Bertz CT molecular complexity index is 471. The van der Waals surface area contributed by atoms with Crippen molar-refractivity contribution in [2.24, 2.45) is 0 Å². The van der Waals surface area contributed by atoms with Gasteiger partial charge in [0.25, 0.3) is 0 Å². The first-order chi connectivity index (χ1) is 7.96. The van der Waals surface area contributed by atoms with E-state index in [1.807, 2.05) is 6.92 Å². The summed E-state index contributed by atoms with van der Waals surface area (Å²) in [6, 6.07) is 4.73. The van der Waals surface area contributed by atoms with Gasteiger partial charge in [0.2, 0.25) is 0 Å². The van der Waals surface area contributed by atoms with Gasteiger partial charge in [-0.3, -0.25) is 0 Å². The number of hydrogen-bond acceptors (Lipinski definition) is 3. The molecule has 0 saturated heterocycles. The fourth-order valence-electron chi connectivity index (χ4n) is 1.55. The molecule has 0 aliphatic heterocycles. The van der Waals surface area contributed by atoms with Gasteiger partial charge in [-0.2, -0.15) is 0 Å². The zero-order chi connectivity index (χ0) is 12.9. The third kappa shape index (κ3) is 4.34. The minimum absolute atomic E-state index is 0.0802. The van der Waals surface area contributed by atoms with Gasteiger partial charge in [0.1, 0.15) is 5.82 Å². The largest absolute Gasteiger partial charge is 0.384 e. The lowest BCUT2D eigenvalue weighted by molar-refractivity contribution is 0.595. The molecule has 0 bridgehead atoms. The maximum atomic E-state index is 13.2. The molecule has 0 aliphatic carbocycles. The van der Waals surface area contributed by atoms with Gasteiger partial charge in [0, 0.05) is 23.5 Å². The predicted octanol–water partition coefficient (Wildman–Crippen LogP) is 2.37. The van der Waals surface area contributed by atoms with Crippen LogP contribution in [0.5, 0.6) is 0 Å². The summed E-state index contributed by atoms with van der Waals surface area (Å²) < 4.78 is 36.1. The third-order valence-corrected chi connectivity index (χ3v) is 4.37. The van der Waals surface area contributed by atoms with Crippen molar-refractivity contribution >= 4 is 15.5 Å². The van der Waals surface area contributed by atoms with E-state index in [0.717, 1.165) is 0 Å². The monoisotopic (exact) mass is 259 g/mol. The van der Waals surface area contributed by atoms with E-state index >= 15 is 0 Å². The van der Waals surface area contributed by atoms with E-state index in [1.54, 1.807) is 19.1 Å². The second-order valence-electron chi connectivity index (χ2n) is 3.99. The first kappa shape index (κ1) is 14.0. The number of nitrogens with one attached hydrogen (secondary N) is 1. The zero-order valence-corrected chi connectivity index (χ0v) is 11.0. The highest BCUT2D eigenvalue weighted by molar-refractivity contribution is 7.91. The lowest BCUT2D eigenvalue weighted by atomic mass is 10.2. The third-order valence-electron chi connectivity index (χ3n) is 2.51. The van der Waals surface area contributed by atoms with Crippen LogP contribution in [-0.2, 0) is 9.84 Å². The highest BCUT2D eigenvalue weighted by Gasteiger charge is 2.09. The smallest absolute Gasteiger partial charge is 0.152 e. The van der Waals surface area contributed by atoms with Crippen LogP contribution in [0.4, 0.5) is 10.1 Å². The summed E-state index contributed by atoms with van der Waals surface area (Å²) in [6.07, 6.45) is 0.626. The molecule has 0 atom stereocenters. The van der Waals surface area contributed by atoms with Gasteiger partial charge in [-0.05, 0) is 25.5 Å². The van der Waals surface area contributed by atoms with Crippen LogP contribution < -0.4 is 5.32 Å². The lowest BCUT2D eigenvalue weighted by Gasteiger charge is -2.10. The molecule has 0 radical (unpaired) electrons. The van der Waals surface area contributed by atoms with Crippen LogP contribution in [-0.4, -0.2) is 26.5 Å². The zero-order valence-electron chi connectivity index (χ0n) is 10.2. The first-order valence-electron chi connectivity index (χ1n) is 5.65. The number of sulfone groups is 1. The molecule has 0 fully saturated rings. The van der Waals surface area contributed by atoms with Crippen molar-refractivity contribution in [3.8, 4) is 0 Å². The molecule has 0 unspecified atom stereocenters. The van der Waals surface area contributed by atoms with Gasteiger partial charge < -0.3 is 5.32 Å². The van der Waals surface area contributed by atoms with Crippen LogP contribution in [0.15, 0.2) is 18.2 Å². The molecule has 0 spiro atoms. The predicted molar refractivity (Wildman–Crippen MR) is 68.6 cm³/mol. The maximum Gasteiger partial charge on any atom is 0.152 e. The maximum absolute atomic E-state index is 13.2. The molecule has 96 valence electrons. The van der Waals surface area contributed by atoms with Crippen molar-refractivity contribution in [3.63, 3.8) is 0 Å². The van der Waals surface area contributed by atoms with Crippen LogP contribution in [0.3, 0.4) is 0 Å². The minimum Gasteiger partial charge on any atom is -0.384 e. The van der Waals surface area contributed by atoms with Crippen LogP contribution in [0.25, 0.3) is 0 Å². The number of hydrogen-bond donors (Lipinski definition) is 1. The summed E-state index contributed by atoms with van der Waals surface area (Å²) in [7, 11) is -2.98. The molecular formula is C12H18FNO2S. The van der Waals surface area contributed by atoms with Crippen molar-refractivity contribution in [1.29, 1.82) is 0 Å². The van der Waals surface area contributed by atoms with Crippen molar-refractivity contribution in [2.75, 3.05) is 23.4 Å². The molecule has 0 aliphatic rings. The number of anilines is 1. The topological polar surface area (TPSA) is 46.2 Å². The summed E-state index contributed by atoms with van der Waals surface area (Å²) in [4.78, 5) is 0. The van der Waals surface area contributed by atoms with Crippen molar-refractivity contribution in [3.05, 3.63) is 29.6 Å².